The number of hydrogen-bond acceptors (Lipinski definition) is 4. The van der Waals surface area contributed by atoms with Crippen molar-refractivity contribution in [2.75, 3.05) is 25.4 Å². The van der Waals surface area contributed by atoms with Crippen LogP contribution in [0, 0.1) is 0 Å². The van der Waals surface area contributed by atoms with Gasteiger partial charge in [0.25, 0.3) is 0 Å². The first-order valence-electron chi connectivity index (χ1n) is 16.8. The zero-order valence-corrected chi connectivity index (χ0v) is 28.6. The molecule has 0 amide bonds. The Bertz CT molecular complexity index is 386. The summed E-state index contributed by atoms with van der Waals surface area (Å²) in [5, 5.41) is 7.19. The first kappa shape index (κ1) is 44.5. The SMILES string of the molecule is C=C(CCNCCC=O)NCCSC(C)C.CC.CC.CCCCCCCCCCCCCCCCCC. The van der Waals surface area contributed by atoms with Gasteiger partial charge >= 0.3 is 0 Å². The molecule has 0 rings (SSSR count). The molecular weight excluding hydrogens is 484 g/mol. The second kappa shape index (κ2) is 46.4. The van der Waals surface area contributed by atoms with Crippen molar-refractivity contribution in [1.29, 1.82) is 0 Å². The van der Waals surface area contributed by atoms with Gasteiger partial charge in [-0.1, -0.05) is 165 Å². The summed E-state index contributed by atoms with van der Waals surface area (Å²) in [5.74, 6) is 1.12. The Balaban J connectivity index is -0.000000270. The standard InChI is InChI=1S/C18H38.C12H24N2OS.2C2H6/c1-3-5-7-9-11-13-15-17-18-16-14-12-10-8-6-4-2;1-11(2)16-10-8-14-12(3)5-7-13-6-4-9-15;2*1-2/h3-18H2,1-2H3;9,11,13-14H,3-8,10H2,1-2H3;2*1-2H3. The van der Waals surface area contributed by atoms with Crippen molar-refractivity contribution in [2.24, 2.45) is 0 Å². The molecule has 0 aliphatic rings. The van der Waals surface area contributed by atoms with E-state index in [0.29, 0.717) is 11.7 Å². The lowest BCUT2D eigenvalue weighted by Crippen LogP contribution is -2.22. The number of rotatable bonds is 26. The maximum Gasteiger partial charge on any atom is 0.121 e. The van der Waals surface area contributed by atoms with Crippen molar-refractivity contribution in [3.05, 3.63) is 12.3 Å². The summed E-state index contributed by atoms with van der Waals surface area (Å²) in [7, 11) is 0. The van der Waals surface area contributed by atoms with Crippen molar-refractivity contribution in [1.82, 2.24) is 10.6 Å². The van der Waals surface area contributed by atoms with Gasteiger partial charge in [0.15, 0.2) is 0 Å². The number of aldehydes is 1. The van der Waals surface area contributed by atoms with Crippen LogP contribution in [0.5, 0.6) is 0 Å². The lowest BCUT2D eigenvalue weighted by molar-refractivity contribution is -0.107. The van der Waals surface area contributed by atoms with Crippen LogP contribution < -0.4 is 10.6 Å². The van der Waals surface area contributed by atoms with Gasteiger partial charge in [0.05, 0.1) is 0 Å². The summed E-state index contributed by atoms with van der Waals surface area (Å²) in [6.45, 7) is 23.6. The van der Waals surface area contributed by atoms with Gasteiger partial charge in [-0.15, -0.1) is 0 Å². The van der Waals surface area contributed by atoms with Crippen molar-refractivity contribution < 1.29 is 4.79 Å². The zero-order valence-electron chi connectivity index (χ0n) is 27.7. The van der Waals surface area contributed by atoms with Gasteiger partial charge in [0.2, 0.25) is 0 Å². The minimum absolute atomic E-state index is 0.588. The molecule has 0 unspecified atom stereocenters. The molecule has 0 saturated carbocycles. The Hall–Kier alpha value is -0.480. The van der Waals surface area contributed by atoms with E-state index in [2.05, 4.69) is 44.9 Å². The van der Waals surface area contributed by atoms with E-state index in [1.54, 1.807) is 0 Å². The van der Waals surface area contributed by atoms with Crippen molar-refractivity contribution >= 4 is 18.0 Å². The molecule has 0 atom stereocenters. The Morgan fingerprint density at radius 1 is 0.684 bits per heavy atom. The molecule has 0 heterocycles. The van der Waals surface area contributed by atoms with Crippen LogP contribution in [0.2, 0.25) is 0 Å². The second-order valence-corrected chi connectivity index (χ2v) is 11.5. The summed E-state index contributed by atoms with van der Waals surface area (Å²) in [4.78, 5) is 10.1. The number of carbonyl (C=O) groups is 1. The first-order valence-corrected chi connectivity index (χ1v) is 17.8. The van der Waals surface area contributed by atoms with E-state index >= 15 is 0 Å². The van der Waals surface area contributed by atoms with Gasteiger partial charge < -0.3 is 15.4 Å². The van der Waals surface area contributed by atoms with Crippen molar-refractivity contribution in [2.45, 2.75) is 176 Å². The lowest BCUT2D eigenvalue weighted by atomic mass is 10.0. The van der Waals surface area contributed by atoms with Crippen LogP contribution in [0.25, 0.3) is 0 Å². The van der Waals surface area contributed by atoms with E-state index in [-0.39, 0.29) is 0 Å². The molecule has 0 aromatic carbocycles. The highest BCUT2D eigenvalue weighted by molar-refractivity contribution is 7.99. The number of unbranched alkanes of at least 4 members (excludes halogenated alkanes) is 15. The van der Waals surface area contributed by atoms with Crippen LogP contribution in [-0.4, -0.2) is 36.9 Å². The third kappa shape index (κ3) is 52.0. The van der Waals surface area contributed by atoms with Crippen LogP contribution in [-0.2, 0) is 4.79 Å². The molecule has 0 aromatic heterocycles. The molecule has 232 valence electrons. The van der Waals surface area contributed by atoms with E-state index in [9.17, 15) is 4.79 Å². The van der Waals surface area contributed by atoms with E-state index in [0.717, 1.165) is 43.8 Å². The zero-order chi connectivity index (χ0) is 29.5. The van der Waals surface area contributed by atoms with Crippen LogP contribution >= 0.6 is 11.8 Å². The Kier molecular flexibility index (Phi) is 54.4. The van der Waals surface area contributed by atoms with Gasteiger partial charge in [-0.2, -0.15) is 11.8 Å². The van der Waals surface area contributed by atoms with Crippen LogP contribution in [0.1, 0.15) is 171 Å². The number of carbonyl (C=O) groups excluding carboxylic acids is 1. The van der Waals surface area contributed by atoms with Crippen LogP contribution in [0.15, 0.2) is 12.3 Å². The van der Waals surface area contributed by atoms with Gasteiger partial charge in [-0.05, 0) is 11.7 Å². The first-order chi connectivity index (χ1) is 18.6. The van der Waals surface area contributed by atoms with Gasteiger partial charge in [0.1, 0.15) is 6.29 Å². The van der Waals surface area contributed by atoms with E-state index < -0.39 is 0 Å². The molecule has 0 spiro atoms. The molecular formula is C34H74N2OS. The van der Waals surface area contributed by atoms with E-state index in [1.807, 2.05) is 39.5 Å². The number of hydrogen-bond donors (Lipinski definition) is 2. The molecule has 3 nitrogen and oxygen atoms in total. The van der Waals surface area contributed by atoms with Gasteiger partial charge in [-0.25, -0.2) is 0 Å². The largest absolute Gasteiger partial charge is 0.388 e. The van der Waals surface area contributed by atoms with E-state index in [4.69, 9.17) is 0 Å². The summed E-state index contributed by atoms with van der Waals surface area (Å²) in [5.41, 5.74) is 1.07. The normalized spacial score (nSPS) is 9.92. The smallest absolute Gasteiger partial charge is 0.121 e. The Morgan fingerprint density at radius 2 is 1.08 bits per heavy atom. The predicted octanol–water partition coefficient (Wildman–Crippen LogP) is 11.1. The average Bonchev–Trinajstić information content (AvgIpc) is 2.94. The lowest BCUT2D eigenvalue weighted by Gasteiger charge is -2.10. The van der Waals surface area contributed by atoms with E-state index in [1.165, 1.54) is 103 Å². The third-order valence-electron chi connectivity index (χ3n) is 5.93. The highest BCUT2D eigenvalue weighted by Crippen LogP contribution is 2.13. The predicted molar refractivity (Wildman–Crippen MR) is 181 cm³/mol. The van der Waals surface area contributed by atoms with Gasteiger partial charge in [0, 0.05) is 37.5 Å². The quantitative estimate of drug-likeness (QED) is 0.0818. The molecule has 0 radical (unpaired) electrons. The fourth-order valence-corrected chi connectivity index (χ4v) is 4.45. The van der Waals surface area contributed by atoms with Crippen molar-refractivity contribution in [3.63, 3.8) is 0 Å². The molecule has 0 bridgehead atoms. The monoisotopic (exact) mass is 559 g/mol. The molecule has 2 N–H and O–H groups in total. The average molecular weight is 559 g/mol. The molecule has 38 heavy (non-hydrogen) atoms. The van der Waals surface area contributed by atoms with Gasteiger partial charge in [-0.3, -0.25) is 0 Å². The fourth-order valence-electron chi connectivity index (χ4n) is 3.76. The minimum atomic E-state index is 0.588. The minimum Gasteiger partial charge on any atom is -0.388 e. The fraction of sp³-hybridized carbons (Fsp3) is 0.912. The molecule has 0 aliphatic carbocycles. The van der Waals surface area contributed by atoms with Crippen LogP contribution in [0.3, 0.4) is 0 Å². The summed E-state index contributed by atoms with van der Waals surface area (Å²) in [6.07, 6.45) is 25.9. The molecule has 4 heteroatoms. The van der Waals surface area contributed by atoms with Crippen molar-refractivity contribution in [3.8, 4) is 0 Å². The molecule has 0 saturated heterocycles. The topological polar surface area (TPSA) is 41.1 Å². The summed E-state index contributed by atoms with van der Waals surface area (Å²) < 4.78 is 0. The maximum atomic E-state index is 10.1. The highest BCUT2D eigenvalue weighted by Gasteiger charge is 1.96. The molecule has 0 aliphatic heterocycles. The summed E-state index contributed by atoms with van der Waals surface area (Å²) in [6, 6.07) is 0. The second-order valence-electron chi connectivity index (χ2n) is 9.85. The number of thioether (sulfide) groups is 1. The number of nitrogens with one attached hydrogen (secondary N) is 2. The Morgan fingerprint density at radius 3 is 1.42 bits per heavy atom. The van der Waals surface area contributed by atoms with Crippen LogP contribution in [0.4, 0.5) is 0 Å². The molecule has 0 fully saturated rings. The maximum absolute atomic E-state index is 10.1. The summed E-state index contributed by atoms with van der Waals surface area (Å²) >= 11 is 1.95. The third-order valence-corrected chi connectivity index (χ3v) is 7.03. The highest BCUT2D eigenvalue weighted by atomic mass is 32.2. The molecule has 0 aromatic rings. The Labute approximate surface area is 246 Å².